The first-order valence-corrected chi connectivity index (χ1v) is 12.8. The van der Waals surface area contributed by atoms with Crippen molar-refractivity contribution in [3.8, 4) is 23.0 Å². The van der Waals surface area contributed by atoms with Gasteiger partial charge in [0.15, 0.2) is 11.5 Å². The number of carbonyl (C=O) groups is 2. The van der Waals surface area contributed by atoms with Crippen LogP contribution in [0, 0.1) is 0 Å². The first-order valence-electron chi connectivity index (χ1n) is 12.4. The van der Waals surface area contributed by atoms with E-state index < -0.39 is 0 Å². The number of ether oxygens (including phenoxy) is 4. The van der Waals surface area contributed by atoms with Crippen molar-refractivity contribution < 1.29 is 28.5 Å². The summed E-state index contributed by atoms with van der Waals surface area (Å²) in [5.41, 5.74) is 2.73. The number of carbonyl (C=O) groups excluding carboxylic acids is 2. The Balaban J connectivity index is 1.52. The van der Waals surface area contributed by atoms with Crippen LogP contribution in [0.5, 0.6) is 23.0 Å². The monoisotopic (exact) mass is 550 g/mol. The molecular formula is C30H31ClN2O6. The molecule has 204 valence electrons. The summed E-state index contributed by atoms with van der Waals surface area (Å²) in [4.78, 5) is 30.1. The van der Waals surface area contributed by atoms with Gasteiger partial charge in [0.1, 0.15) is 5.75 Å². The Morgan fingerprint density at radius 3 is 1.87 bits per heavy atom. The quantitative estimate of drug-likeness (QED) is 0.375. The maximum Gasteiger partial charge on any atom is 0.254 e. The van der Waals surface area contributed by atoms with Crippen LogP contribution < -0.4 is 18.9 Å². The number of hydrogen-bond acceptors (Lipinski definition) is 6. The standard InChI is InChI=1S/C30H31ClN2O6/c1-36-22-11-9-20(10-12-22)24(23-7-5-6-8-25(23)31)19-28(34)32-13-15-33(16-14-32)30(35)21-17-26(37-2)29(39-4)27(18-21)38-3/h5-12,17-19H,13-16H2,1-4H3/b24-19-. The van der Waals surface area contributed by atoms with Crippen LogP contribution in [0.1, 0.15) is 21.5 Å². The largest absolute Gasteiger partial charge is 0.497 e. The summed E-state index contributed by atoms with van der Waals surface area (Å²) in [6.07, 6.45) is 1.61. The fourth-order valence-corrected chi connectivity index (χ4v) is 4.74. The third-order valence-electron chi connectivity index (χ3n) is 6.62. The molecule has 1 fully saturated rings. The summed E-state index contributed by atoms with van der Waals surface area (Å²) >= 11 is 6.51. The topological polar surface area (TPSA) is 77.5 Å². The number of hydrogen-bond donors (Lipinski definition) is 0. The Hall–Kier alpha value is -4.17. The molecule has 8 nitrogen and oxygen atoms in total. The minimum atomic E-state index is -0.174. The second kappa shape index (κ2) is 12.6. The van der Waals surface area contributed by atoms with Gasteiger partial charge in [-0.05, 0) is 41.5 Å². The van der Waals surface area contributed by atoms with Crippen molar-refractivity contribution in [3.63, 3.8) is 0 Å². The summed E-state index contributed by atoms with van der Waals surface area (Å²) in [5.74, 6) is 1.63. The molecule has 2 amide bonds. The fourth-order valence-electron chi connectivity index (χ4n) is 4.50. The second-order valence-corrected chi connectivity index (χ2v) is 9.21. The van der Waals surface area contributed by atoms with Crippen LogP contribution in [0.15, 0.2) is 66.7 Å². The molecule has 9 heteroatoms. The van der Waals surface area contributed by atoms with Gasteiger partial charge in [-0.3, -0.25) is 9.59 Å². The molecule has 39 heavy (non-hydrogen) atoms. The van der Waals surface area contributed by atoms with E-state index in [1.165, 1.54) is 21.3 Å². The van der Waals surface area contributed by atoms with E-state index in [4.69, 9.17) is 30.5 Å². The average molecular weight is 551 g/mol. The molecule has 1 heterocycles. The van der Waals surface area contributed by atoms with Gasteiger partial charge < -0.3 is 28.7 Å². The molecule has 1 aliphatic heterocycles. The number of piperazine rings is 1. The maximum atomic E-state index is 13.4. The van der Waals surface area contributed by atoms with Gasteiger partial charge in [0, 0.05) is 48.4 Å². The summed E-state index contributed by atoms with van der Waals surface area (Å²) in [6.45, 7) is 1.56. The number of halogens is 1. The van der Waals surface area contributed by atoms with Gasteiger partial charge in [0.2, 0.25) is 11.7 Å². The Bertz CT molecular complexity index is 1340. The normalized spacial score (nSPS) is 13.6. The van der Waals surface area contributed by atoms with E-state index in [9.17, 15) is 9.59 Å². The average Bonchev–Trinajstić information content (AvgIpc) is 2.99. The fraction of sp³-hybridized carbons (Fsp3) is 0.267. The molecule has 1 saturated heterocycles. The summed E-state index contributed by atoms with van der Waals surface area (Å²) in [6, 6.07) is 18.2. The van der Waals surface area contributed by atoms with E-state index >= 15 is 0 Å². The lowest BCUT2D eigenvalue weighted by molar-refractivity contribution is -0.127. The van der Waals surface area contributed by atoms with Crippen molar-refractivity contribution >= 4 is 29.0 Å². The molecule has 0 N–H and O–H groups in total. The van der Waals surface area contributed by atoms with Crippen molar-refractivity contribution in [3.05, 3.63) is 88.5 Å². The van der Waals surface area contributed by atoms with Crippen LogP contribution in [0.25, 0.3) is 5.57 Å². The summed E-state index contributed by atoms with van der Waals surface area (Å²) < 4.78 is 21.4. The van der Waals surface area contributed by atoms with Crippen LogP contribution >= 0.6 is 11.6 Å². The van der Waals surface area contributed by atoms with E-state index in [0.717, 1.165) is 16.9 Å². The maximum absolute atomic E-state index is 13.4. The SMILES string of the molecule is COc1ccc(/C(=C/C(=O)N2CCN(C(=O)c3cc(OC)c(OC)c(OC)c3)CC2)c2ccccc2Cl)cc1. The molecule has 3 aromatic carbocycles. The number of methoxy groups -OCH3 is 4. The molecule has 4 rings (SSSR count). The van der Waals surface area contributed by atoms with E-state index in [1.54, 1.807) is 41.2 Å². The molecule has 0 aromatic heterocycles. The van der Waals surface area contributed by atoms with Crippen molar-refractivity contribution in [1.29, 1.82) is 0 Å². The van der Waals surface area contributed by atoms with Crippen LogP contribution in [-0.2, 0) is 4.79 Å². The van der Waals surface area contributed by atoms with Gasteiger partial charge in [-0.25, -0.2) is 0 Å². The predicted octanol–water partition coefficient (Wildman–Crippen LogP) is 4.79. The smallest absolute Gasteiger partial charge is 0.254 e. The van der Waals surface area contributed by atoms with E-state index in [-0.39, 0.29) is 11.8 Å². The van der Waals surface area contributed by atoms with Gasteiger partial charge >= 0.3 is 0 Å². The Morgan fingerprint density at radius 2 is 1.33 bits per heavy atom. The molecule has 0 atom stereocenters. The summed E-state index contributed by atoms with van der Waals surface area (Å²) in [7, 11) is 6.13. The van der Waals surface area contributed by atoms with E-state index in [0.29, 0.717) is 59.6 Å². The highest BCUT2D eigenvalue weighted by Crippen LogP contribution is 2.38. The highest BCUT2D eigenvalue weighted by atomic mass is 35.5. The van der Waals surface area contributed by atoms with Crippen molar-refractivity contribution in [2.45, 2.75) is 0 Å². The van der Waals surface area contributed by atoms with Gasteiger partial charge in [0.25, 0.3) is 5.91 Å². The van der Waals surface area contributed by atoms with Gasteiger partial charge in [-0.1, -0.05) is 41.9 Å². The van der Waals surface area contributed by atoms with Gasteiger partial charge in [-0.15, -0.1) is 0 Å². The molecule has 1 aliphatic rings. The van der Waals surface area contributed by atoms with Crippen LogP contribution in [0.4, 0.5) is 0 Å². The Kier molecular flexibility index (Phi) is 8.99. The first-order chi connectivity index (χ1) is 18.9. The molecule has 0 saturated carbocycles. The molecule has 3 aromatic rings. The zero-order valence-corrected chi connectivity index (χ0v) is 23.2. The van der Waals surface area contributed by atoms with Crippen molar-refractivity contribution in [1.82, 2.24) is 9.80 Å². The summed E-state index contributed by atoms with van der Waals surface area (Å²) in [5, 5.41) is 0.549. The highest BCUT2D eigenvalue weighted by molar-refractivity contribution is 6.32. The lowest BCUT2D eigenvalue weighted by Crippen LogP contribution is -2.50. The predicted molar refractivity (Wildman–Crippen MR) is 150 cm³/mol. The van der Waals surface area contributed by atoms with Crippen molar-refractivity contribution in [2.75, 3.05) is 54.6 Å². The van der Waals surface area contributed by atoms with Crippen molar-refractivity contribution in [2.24, 2.45) is 0 Å². The third kappa shape index (κ3) is 6.12. The lowest BCUT2D eigenvalue weighted by atomic mass is 9.97. The molecule has 0 radical (unpaired) electrons. The van der Waals surface area contributed by atoms with Gasteiger partial charge in [0.05, 0.1) is 28.4 Å². The van der Waals surface area contributed by atoms with Crippen LogP contribution in [0.3, 0.4) is 0 Å². The molecule has 0 unspecified atom stereocenters. The second-order valence-electron chi connectivity index (χ2n) is 8.80. The highest BCUT2D eigenvalue weighted by Gasteiger charge is 2.26. The number of amides is 2. The molecular weight excluding hydrogens is 520 g/mol. The minimum absolute atomic E-state index is 0.152. The third-order valence-corrected chi connectivity index (χ3v) is 6.95. The Morgan fingerprint density at radius 1 is 0.744 bits per heavy atom. The Labute approximate surface area is 233 Å². The molecule has 0 spiro atoms. The minimum Gasteiger partial charge on any atom is -0.497 e. The molecule has 0 aliphatic carbocycles. The first kappa shape index (κ1) is 27.9. The van der Waals surface area contributed by atoms with E-state index in [1.807, 2.05) is 42.5 Å². The van der Waals surface area contributed by atoms with Crippen LogP contribution in [0.2, 0.25) is 5.02 Å². The number of benzene rings is 3. The molecule has 0 bridgehead atoms. The number of rotatable bonds is 8. The van der Waals surface area contributed by atoms with Gasteiger partial charge in [-0.2, -0.15) is 0 Å². The number of nitrogens with zero attached hydrogens (tertiary/aromatic N) is 2. The zero-order valence-electron chi connectivity index (χ0n) is 22.4. The van der Waals surface area contributed by atoms with E-state index in [2.05, 4.69) is 0 Å². The zero-order chi connectivity index (χ0) is 27.9. The lowest BCUT2D eigenvalue weighted by Gasteiger charge is -2.34. The van der Waals surface area contributed by atoms with Crippen LogP contribution in [-0.4, -0.2) is 76.2 Å².